The lowest BCUT2D eigenvalue weighted by molar-refractivity contribution is 0.0115. The fourth-order valence-electron chi connectivity index (χ4n) is 4.93. The number of likely N-dealkylation sites (tertiary alicyclic amines) is 1. The van der Waals surface area contributed by atoms with E-state index in [2.05, 4.69) is 35.1 Å². The van der Waals surface area contributed by atoms with Crippen LogP contribution >= 0.6 is 11.3 Å². The van der Waals surface area contributed by atoms with Crippen molar-refractivity contribution in [3.05, 3.63) is 65.1 Å². The maximum Gasteiger partial charge on any atom is 0.261 e. The first-order chi connectivity index (χ1) is 18.4. The highest BCUT2D eigenvalue weighted by Crippen LogP contribution is 2.35. The molecule has 1 fully saturated rings. The Labute approximate surface area is 217 Å². The van der Waals surface area contributed by atoms with Gasteiger partial charge < -0.3 is 4.98 Å². The van der Waals surface area contributed by atoms with Gasteiger partial charge in [0.1, 0.15) is 11.4 Å². The molecule has 1 aliphatic heterocycles. The van der Waals surface area contributed by atoms with E-state index in [1.165, 1.54) is 12.4 Å². The van der Waals surface area contributed by atoms with Crippen LogP contribution in [0.1, 0.15) is 12.0 Å². The molecule has 0 bridgehead atoms. The highest BCUT2D eigenvalue weighted by atomic mass is 32.1. The number of pyridine rings is 3. The van der Waals surface area contributed by atoms with Crippen LogP contribution < -0.4 is 0 Å². The summed E-state index contributed by atoms with van der Waals surface area (Å²) in [5.41, 5.74) is 5.17. The van der Waals surface area contributed by atoms with E-state index in [1.54, 1.807) is 34.7 Å². The standard InChI is InChI=1S/C26H19F3N8S/c27-20-19-18(10-32-21(20)16-7-14(8-30-9-16)11-37-5-3-26(28,29)13-37)35-36-23(19)25-33-22-17(15-2-6-38-12-15)1-4-31-24(22)34-25/h1-2,4,6-10,12H,3,5,11,13H2,(H,35,36)(H,31,33,34). The van der Waals surface area contributed by atoms with E-state index in [9.17, 15) is 8.78 Å². The number of hydrogen-bond acceptors (Lipinski definition) is 7. The maximum atomic E-state index is 16.0. The highest BCUT2D eigenvalue weighted by molar-refractivity contribution is 7.08. The van der Waals surface area contributed by atoms with Crippen LogP contribution in [-0.2, 0) is 6.54 Å². The van der Waals surface area contributed by atoms with Gasteiger partial charge in [-0.3, -0.25) is 20.0 Å². The molecule has 0 radical (unpaired) electrons. The monoisotopic (exact) mass is 532 g/mol. The number of rotatable bonds is 5. The second kappa shape index (κ2) is 8.71. The van der Waals surface area contributed by atoms with Gasteiger partial charge in [0, 0.05) is 49.2 Å². The molecule has 0 saturated carbocycles. The second-order valence-electron chi connectivity index (χ2n) is 9.33. The summed E-state index contributed by atoms with van der Waals surface area (Å²) in [6.45, 7) is 0.305. The van der Waals surface area contributed by atoms with Crippen LogP contribution in [0.3, 0.4) is 0 Å². The summed E-state index contributed by atoms with van der Waals surface area (Å²) in [5, 5.41) is 11.4. The van der Waals surface area contributed by atoms with Crippen molar-refractivity contribution in [3.8, 4) is 33.9 Å². The number of fused-ring (bicyclic) bond motifs is 2. The van der Waals surface area contributed by atoms with Gasteiger partial charge in [-0.25, -0.2) is 23.1 Å². The van der Waals surface area contributed by atoms with Gasteiger partial charge in [-0.2, -0.15) is 16.4 Å². The van der Waals surface area contributed by atoms with Crippen molar-refractivity contribution in [2.24, 2.45) is 0 Å². The summed E-state index contributed by atoms with van der Waals surface area (Å²) < 4.78 is 43.2. The minimum atomic E-state index is -2.68. The van der Waals surface area contributed by atoms with Gasteiger partial charge in [0.05, 0.1) is 29.2 Å². The molecule has 38 heavy (non-hydrogen) atoms. The van der Waals surface area contributed by atoms with Gasteiger partial charge in [-0.15, -0.1) is 0 Å². The molecule has 7 rings (SSSR count). The molecule has 8 nitrogen and oxygen atoms in total. The van der Waals surface area contributed by atoms with Gasteiger partial charge in [0.15, 0.2) is 17.3 Å². The third-order valence-electron chi connectivity index (χ3n) is 6.72. The van der Waals surface area contributed by atoms with Crippen molar-refractivity contribution in [2.75, 3.05) is 13.1 Å². The zero-order valence-electron chi connectivity index (χ0n) is 19.8. The largest absolute Gasteiger partial charge is 0.335 e. The Balaban J connectivity index is 1.28. The first kappa shape index (κ1) is 23.0. The predicted molar refractivity (Wildman–Crippen MR) is 138 cm³/mol. The van der Waals surface area contributed by atoms with Gasteiger partial charge in [-0.05, 0) is 40.1 Å². The van der Waals surface area contributed by atoms with Crippen molar-refractivity contribution in [1.29, 1.82) is 0 Å². The van der Waals surface area contributed by atoms with Crippen LogP contribution in [-0.4, -0.2) is 59.0 Å². The van der Waals surface area contributed by atoms with E-state index in [-0.39, 0.29) is 24.0 Å². The molecular weight excluding hydrogens is 513 g/mol. The lowest BCUT2D eigenvalue weighted by Gasteiger charge is -2.15. The Kier molecular flexibility index (Phi) is 5.27. The number of nitrogens with zero attached hydrogens (tertiary/aromatic N) is 6. The SMILES string of the molecule is Fc1c(-c2cncc(CN3CCC(F)(F)C3)c2)ncc2[nH]nc(-c3nc4nccc(-c5ccsc5)c4[nH]3)c12. The van der Waals surface area contributed by atoms with Gasteiger partial charge >= 0.3 is 0 Å². The molecule has 12 heteroatoms. The van der Waals surface area contributed by atoms with Crippen molar-refractivity contribution in [2.45, 2.75) is 18.9 Å². The molecule has 1 saturated heterocycles. The Morgan fingerprint density at radius 2 is 2.00 bits per heavy atom. The highest BCUT2D eigenvalue weighted by Gasteiger charge is 2.38. The number of alkyl halides is 2. The van der Waals surface area contributed by atoms with Crippen LogP contribution in [0.25, 0.3) is 56.0 Å². The number of aromatic nitrogens is 7. The molecule has 0 amide bonds. The lowest BCUT2D eigenvalue weighted by atomic mass is 10.1. The van der Waals surface area contributed by atoms with Crippen LogP contribution in [0.5, 0.6) is 0 Å². The van der Waals surface area contributed by atoms with E-state index < -0.39 is 11.7 Å². The molecule has 7 heterocycles. The maximum absolute atomic E-state index is 16.0. The van der Waals surface area contributed by atoms with E-state index in [0.717, 1.165) is 16.6 Å². The van der Waals surface area contributed by atoms with E-state index >= 15 is 4.39 Å². The van der Waals surface area contributed by atoms with Gasteiger partial charge in [0.25, 0.3) is 5.92 Å². The number of nitrogens with one attached hydrogen (secondary N) is 2. The molecule has 1 aliphatic rings. The summed E-state index contributed by atoms with van der Waals surface area (Å²) in [6, 6.07) is 5.65. The Morgan fingerprint density at radius 1 is 1.08 bits per heavy atom. The van der Waals surface area contributed by atoms with Crippen molar-refractivity contribution in [1.82, 2.24) is 40.0 Å². The minimum absolute atomic E-state index is 0.0921. The Morgan fingerprint density at radius 3 is 2.82 bits per heavy atom. The number of thiophene rings is 1. The van der Waals surface area contributed by atoms with Gasteiger partial charge in [0.2, 0.25) is 0 Å². The molecule has 0 aromatic carbocycles. The van der Waals surface area contributed by atoms with E-state index in [0.29, 0.717) is 46.9 Å². The quantitative estimate of drug-likeness (QED) is 0.297. The van der Waals surface area contributed by atoms with Crippen LogP contribution in [0, 0.1) is 5.82 Å². The molecule has 6 aromatic heterocycles. The summed E-state index contributed by atoms with van der Waals surface area (Å²) in [6.07, 6.45) is 6.15. The molecule has 0 unspecified atom stereocenters. The third kappa shape index (κ3) is 3.92. The zero-order chi connectivity index (χ0) is 25.9. The van der Waals surface area contributed by atoms with Crippen molar-refractivity contribution in [3.63, 3.8) is 0 Å². The fraction of sp³-hybridized carbons (Fsp3) is 0.192. The number of H-pyrrole nitrogens is 2. The molecule has 0 atom stereocenters. The summed E-state index contributed by atoms with van der Waals surface area (Å²) in [7, 11) is 0. The van der Waals surface area contributed by atoms with E-state index in [1.807, 2.05) is 22.9 Å². The molecule has 0 aliphatic carbocycles. The van der Waals surface area contributed by atoms with Crippen LogP contribution in [0.2, 0.25) is 0 Å². The average Bonchev–Trinajstić information content (AvgIpc) is 3.70. The second-order valence-corrected chi connectivity index (χ2v) is 10.1. The number of aromatic amines is 2. The number of halogens is 3. The molecule has 190 valence electrons. The molecular formula is C26H19F3N8S. The van der Waals surface area contributed by atoms with Crippen molar-refractivity contribution < 1.29 is 13.2 Å². The zero-order valence-corrected chi connectivity index (χ0v) is 20.6. The topological polar surface area (TPSA) is 99.3 Å². The smallest absolute Gasteiger partial charge is 0.261 e. The summed E-state index contributed by atoms with van der Waals surface area (Å²) in [5.74, 6) is -2.89. The van der Waals surface area contributed by atoms with E-state index in [4.69, 9.17) is 0 Å². The first-order valence-corrected chi connectivity index (χ1v) is 12.8. The predicted octanol–water partition coefficient (Wildman–Crippen LogP) is 5.67. The van der Waals surface area contributed by atoms with Crippen LogP contribution in [0.4, 0.5) is 13.2 Å². The Hall–Kier alpha value is -4.16. The fourth-order valence-corrected chi connectivity index (χ4v) is 5.59. The summed E-state index contributed by atoms with van der Waals surface area (Å²) >= 11 is 1.59. The average molecular weight is 533 g/mol. The first-order valence-electron chi connectivity index (χ1n) is 11.9. The molecule has 6 aromatic rings. The van der Waals surface area contributed by atoms with Gasteiger partial charge in [-0.1, -0.05) is 0 Å². The number of imidazole rings is 1. The number of hydrogen-bond donors (Lipinski definition) is 2. The lowest BCUT2D eigenvalue weighted by Crippen LogP contribution is -2.24. The summed E-state index contributed by atoms with van der Waals surface area (Å²) in [4.78, 5) is 22.4. The van der Waals surface area contributed by atoms with Crippen molar-refractivity contribution >= 4 is 33.4 Å². The molecule has 2 N–H and O–H groups in total. The normalized spacial score (nSPS) is 15.7. The minimum Gasteiger partial charge on any atom is -0.335 e. The third-order valence-corrected chi connectivity index (χ3v) is 7.40. The van der Waals surface area contributed by atoms with Crippen LogP contribution in [0.15, 0.2) is 53.7 Å². The molecule has 0 spiro atoms. The Bertz CT molecular complexity index is 1790.